The lowest BCUT2D eigenvalue weighted by Gasteiger charge is -2.15. The second-order valence-corrected chi connectivity index (χ2v) is 7.08. The number of alkyl halides is 1. The zero-order valence-corrected chi connectivity index (χ0v) is 13.5. The van der Waals surface area contributed by atoms with E-state index < -0.39 is 0 Å². The van der Waals surface area contributed by atoms with Crippen LogP contribution in [0.25, 0.3) is 0 Å². The van der Waals surface area contributed by atoms with Crippen LogP contribution in [-0.2, 0) is 12.0 Å². The monoisotopic (exact) mass is 288 g/mol. The zero-order chi connectivity index (χ0) is 13.6. The molecule has 18 heavy (non-hydrogen) atoms. The molecule has 0 saturated heterocycles. The first-order valence-corrected chi connectivity index (χ1v) is 8.10. The highest BCUT2D eigenvalue weighted by atomic mass is 35.5. The fourth-order valence-electron chi connectivity index (χ4n) is 1.72. The molecule has 104 valence electrons. The third-order valence-corrected chi connectivity index (χ3v) is 4.19. The minimum absolute atomic E-state index is 0.152. The molecule has 0 aliphatic carbocycles. The largest absolute Gasteiger partial charge is 0.310 e. The Bertz CT molecular complexity index is 344. The molecule has 0 amide bonds. The van der Waals surface area contributed by atoms with Gasteiger partial charge in [0.1, 0.15) is 5.01 Å². The maximum atomic E-state index is 5.79. The molecule has 0 aliphatic rings. The van der Waals surface area contributed by atoms with Gasteiger partial charge in [-0.2, -0.15) is 0 Å². The molecule has 1 atom stereocenters. The van der Waals surface area contributed by atoms with Crippen LogP contribution in [0.15, 0.2) is 5.38 Å². The van der Waals surface area contributed by atoms with E-state index in [0.717, 1.165) is 25.4 Å². The topological polar surface area (TPSA) is 24.9 Å². The summed E-state index contributed by atoms with van der Waals surface area (Å²) >= 11 is 7.54. The molecule has 1 aromatic heterocycles. The Morgan fingerprint density at radius 3 is 2.67 bits per heavy atom. The molecular weight excluding hydrogens is 264 g/mol. The van der Waals surface area contributed by atoms with Gasteiger partial charge in [0, 0.05) is 23.2 Å². The molecule has 0 radical (unpaired) electrons. The van der Waals surface area contributed by atoms with Gasteiger partial charge in [0.05, 0.1) is 5.69 Å². The first-order valence-electron chi connectivity index (χ1n) is 6.69. The van der Waals surface area contributed by atoms with Crippen LogP contribution in [0.1, 0.15) is 51.2 Å². The van der Waals surface area contributed by atoms with E-state index in [1.54, 1.807) is 11.3 Å². The molecule has 0 saturated carbocycles. The zero-order valence-electron chi connectivity index (χ0n) is 11.9. The van der Waals surface area contributed by atoms with Gasteiger partial charge in [-0.1, -0.05) is 34.1 Å². The summed E-state index contributed by atoms with van der Waals surface area (Å²) in [7, 11) is 0. The van der Waals surface area contributed by atoms with E-state index in [1.165, 1.54) is 17.1 Å². The fraction of sp³-hybridized carbons (Fsp3) is 0.786. The van der Waals surface area contributed by atoms with Gasteiger partial charge in [-0.3, -0.25) is 0 Å². The predicted octanol–water partition coefficient (Wildman–Crippen LogP) is 4.19. The molecule has 1 unspecified atom stereocenters. The predicted molar refractivity (Wildman–Crippen MR) is 81.6 cm³/mol. The van der Waals surface area contributed by atoms with Crippen molar-refractivity contribution in [3.05, 3.63) is 16.1 Å². The first-order chi connectivity index (χ1) is 8.47. The van der Waals surface area contributed by atoms with Crippen molar-refractivity contribution in [2.24, 2.45) is 5.92 Å². The van der Waals surface area contributed by atoms with Gasteiger partial charge in [-0.25, -0.2) is 4.98 Å². The number of halogens is 1. The maximum Gasteiger partial charge on any atom is 0.107 e. The van der Waals surface area contributed by atoms with Crippen LogP contribution in [0.3, 0.4) is 0 Å². The minimum atomic E-state index is 0.152. The van der Waals surface area contributed by atoms with Crippen molar-refractivity contribution in [2.45, 2.75) is 52.5 Å². The molecule has 1 heterocycles. The van der Waals surface area contributed by atoms with Crippen molar-refractivity contribution in [2.75, 3.05) is 12.4 Å². The van der Waals surface area contributed by atoms with E-state index in [-0.39, 0.29) is 5.41 Å². The van der Waals surface area contributed by atoms with Crippen molar-refractivity contribution in [1.82, 2.24) is 10.3 Å². The van der Waals surface area contributed by atoms with Crippen LogP contribution < -0.4 is 5.32 Å². The van der Waals surface area contributed by atoms with E-state index >= 15 is 0 Å². The van der Waals surface area contributed by atoms with E-state index in [9.17, 15) is 0 Å². The molecule has 2 nitrogen and oxygen atoms in total. The van der Waals surface area contributed by atoms with Gasteiger partial charge in [-0.15, -0.1) is 22.9 Å². The molecule has 0 spiro atoms. The van der Waals surface area contributed by atoms with Gasteiger partial charge in [0.2, 0.25) is 0 Å². The Morgan fingerprint density at radius 1 is 1.44 bits per heavy atom. The summed E-state index contributed by atoms with van der Waals surface area (Å²) in [5.41, 5.74) is 1.34. The highest BCUT2D eigenvalue weighted by Gasteiger charge is 2.17. The molecule has 1 rings (SSSR count). The average molecular weight is 289 g/mol. The average Bonchev–Trinajstić information content (AvgIpc) is 2.76. The lowest BCUT2D eigenvalue weighted by molar-refractivity contribution is 0.450. The molecule has 0 fully saturated rings. The standard InChI is InChI=1S/C14H25ClN2S/c1-5-11(6-7-15)8-16-9-13-17-12(10-18-13)14(2,3)4/h10-11,16H,5-9H2,1-4H3. The normalized spacial score (nSPS) is 13.8. The van der Waals surface area contributed by atoms with Crippen molar-refractivity contribution >= 4 is 22.9 Å². The second kappa shape index (κ2) is 7.46. The third-order valence-electron chi connectivity index (χ3n) is 3.12. The maximum absolute atomic E-state index is 5.79. The molecular formula is C14H25ClN2S. The van der Waals surface area contributed by atoms with Crippen LogP contribution in [0.2, 0.25) is 0 Å². The Balaban J connectivity index is 2.37. The highest BCUT2D eigenvalue weighted by Crippen LogP contribution is 2.23. The molecule has 1 aromatic rings. The number of hydrogen-bond acceptors (Lipinski definition) is 3. The summed E-state index contributed by atoms with van der Waals surface area (Å²) in [6, 6.07) is 0. The highest BCUT2D eigenvalue weighted by molar-refractivity contribution is 7.09. The van der Waals surface area contributed by atoms with Gasteiger partial charge in [0.25, 0.3) is 0 Å². The van der Waals surface area contributed by atoms with Crippen LogP contribution in [0, 0.1) is 5.92 Å². The minimum Gasteiger partial charge on any atom is -0.310 e. The number of nitrogens with one attached hydrogen (secondary N) is 1. The summed E-state index contributed by atoms with van der Waals surface area (Å²) in [5.74, 6) is 1.44. The van der Waals surface area contributed by atoms with E-state index in [4.69, 9.17) is 11.6 Å². The smallest absolute Gasteiger partial charge is 0.107 e. The molecule has 1 N–H and O–H groups in total. The number of nitrogens with zero attached hydrogens (tertiary/aromatic N) is 1. The number of rotatable bonds is 7. The molecule has 4 heteroatoms. The van der Waals surface area contributed by atoms with Gasteiger partial charge in [0.15, 0.2) is 0 Å². The van der Waals surface area contributed by atoms with Crippen molar-refractivity contribution in [3.8, 4) is 0 Å². The second-order valence-electron chi connectivity index (χ2n) is 5.76. The van der Waals surface area contributed by atoms with Crippen molar-refractivity contribution in [1.29, 1.82) is 0 Å². The van der Waals surface area contributed by atoms with Crippen LogP contribution in [0.4, 0.5) is 0 Å². The van der Waals surface area contributed by atoms with Crippen LogP contribution in [-0.4, -0.2) is 17.4 Å². The van der Waals surface area contributed by atoms with Gasteiger partial charge >= 0.3 is 0 Å². The summed E-state index contributed by atoms with van der Waals surface area (Å²) in [4.78, 5) is 4.68. The van der Waals surface area contributed by atoms with E-state index in [0.29, 0.717) is 5.92 Å². The van der Waals surface area contributed by atoms with Crippen LogP contribution >= 0.6 is 22.9 Å². The molecule has 0 aliphatic heterocycles. The Hall–Kier alpha value is -0.120. The van der Waals surface area contributed by atoms with Gasteiger partial charge in [-0.05, 0) is 18.9 Å². The number of aromatic nitrogens is 1. The SMILES string of the molecule is CCC(CCCl)CNCc1nc(C(C)(C)C)cs1. The molecule has 0 aromatic carbocycles. The quantitative estimate of drug-likeness (QED) is 0.761. The Morgan fingerprint density at radius 2 is 2.17 bits per heavy atom. The summed E-state index contributed by atoms with van der Waals surface area (Å²) in [5, 5.41) is 6.85. The van der Waals surface area contributed by atoms with E-state index in [1.807, 2.05) is 0 Å². The summed E-state index contributed by atoms with van der Waals surface area (Å²) < 4.78 is 0. The summed E-state index contributed by atoms with van der Waals surface area (Å²) in [6.07, 6.45) is 2.28. The fourth-order valence-corrected chi connectivity index (χ4v) is 3.02. The molecule has 0 bridgehead atoms. The van der Waals surface area contributed by atoms with Crippen LogP contribution in [0.5, 0.6) is 0 Å². The Labute approximate surface area is 120 Å². The summed E-state index contributed by atoms with van der Waals surface area (Å²) in [6.45, 7) is 10.7. The first kappa shape index (κ1) is 15.9. The Kier molecular flexibility index (Phi) is 6.61. The lowest BCUT2D eigenvalue weighted by Crippen LogP contribution is -2.22. The third kappa shape index (κ3) is 5.25. The van der Waals surface area contributed by atoms with E-state index in [2.05, 4.69) is 43.4 Å². The van der Waals surface area contributed by atoms with Crippen molar-refractivity contribution in [3.63, 3.8) is 0 Å². The lowest BCUT2D eigenvalue weighted by atomic mass is 9.93. The van der Waals surface area contributed by atoms with Crippen molar-refractivity contribution < 1.29 is 0 Å². The number of hydrogen-bond donors (Lipinski definition) is 1. The van der Waals surface area contributed by atoms with Gasteiger partial charge < -0.3 is 5.32 Å². The number of thiazole rings is 1.